The van der Waals surface area contributed by atoms with Gasteiger partial charge in [0.15, 0.2) is 6.04 Å². The van der Waals surface area contributed by atoms with Gasteiger partial charge in [-0.15, -0.1) is 0 Å². The molecule has 112 valence electrons. The second-order valence-corrected chi connectivity index (χ2v) is 5.52. The summed E-state index contributed by atoms with van der Waals surface area (Å²) in [4.78, 5) is 23.6. The van der Waals surface area contributed by atoms with Crippen molar-refractivity contribution in [2.24, 2.45) is 5.92 Å². The number of hydrogen-bond acceptors (Lipinski definition) is 3. The molecule has 4 atom stereocenters. The van der Waals surface area contributed by atoms with Gasteiger partial charge in [0.25, 0.3) is 0 Å². The lowest BCUT2D eigenvalue weighted by atomic mass is 9.88. The van der Waals surface area contributed by atoms with E-state index >= 15 is 0 Å². The van der Waals surface area contributed by atoms with Crippen molar-refractivity contribution in [1.82, 2.24) is 5.32 Å². The average Bonchev–Trinajstić information content (AvgIpc) is 3.08. The second kappa shape index (κ2) is 5.44. The van der Waals surface area contributed by atoms with Crippen LogP contribution in [0, 0.1) is 11.7 Å². The zero-order valence-corrected chi connectivity index (χ0v) is 11.3. The van der Waals surface area contributed by atoms with Crippen molar-refractivity contribution in [1.29, 1.82) is 0 Å². The summed E-state index contributed by atoms with van der Waals surface area (Å²) in [6.07, 6.45) is 2.34. The lowest BCUT2D eigenvalue weighted by molar-refractivity contribution is -0.143. The second-order valence-electron chi connectivity index (χ2n) is 5.52. The molecule has 2 bridgehead atoms. The molecule has 1 aromatic rings. The molecule has 2 saturated heterocycles. The Morgan fingerprint density at radius 2 is 2.10 bits per heavy atom. The van der Waals surface area contributed by atoms with Gasteiger partial charge in [0.1, 0.15) is 5.82 Å². The summed E-state index contributed by atoms with van der Waals surface area (Å²) < 4.78 is 19.3. The normalized spacial score (nSPS) is 28.3. The third-order valence-electron chi connectivity index (χ3n) is 4.19. The summed E-state index contributed by atoms with van der Waals surface area (Å²) in [5, 5.41) is 11.7. The minimum atomic E-state index is -1.38. The summed E-state index contributed by atoms with van der Waals surface area (Å²) in [6.45, 7) is 0. The quantitative estimate of drug-likeness (QED) is 0.885. The molecule has 2 N–H and O–H groups in total. The van der Waals surface area contributed by atoms with Gasteiger partial charge < -0.3 is 15.2 Å². The van der Waals surface area contributed by atoms with E-state index in [1.54, 1.807) is 6.07 Å². The van der Waals surface area contributed by atoms with Crippen LogP contribution in [0.25, 0.3) is 0 Å². The molecule has 1 amide bonds. The number of hydrogen-bond donors (Lipinski definition) is 2. The molecule has 0 radical (unpaired) electrons. The fraction of sp³-hybridized carbons (Fsp3) is 0.467. The maximum absolute atomic E-state index is 13.7. The van der Waals surface area contributed by atoms with Crippen LogP contribution < -0.4 is 5.32 Å². The van der Waals surface area contributed by atoms with E-state index in [-0.39, 0.29) is 29.6 Å². The Morgan fingerprint density at radius 3 is 2.67 bits per heavy atom. The topological polar surface area (TPSA) is 75.6 Å². The highest BCUT2D eigenvalue weighted by molar-refractivity contribution is 5.86. The van der Waals surface area contributed by atoms with Gasteiger partial charge in [-0.25, -0.2) is 9.18 Å². The molecule has 2 fully saturated rings. The zero-order chi connectivity index (χ0) is 15.0. The molecule has 0 saturated carbocycles. The number of carboxylic acids is 1. The number of halogens is 1. The van der Waals surface area contributed by atoms with Gasteiger partial charge in [-0.3, -0.25) is 4.79 Å². The molecule has 21 heavy (non-hydrogen) atoms. The molecule has 1 aromatic carbocycles. The Morgan fingerprint density at radius 1 is 1.33 bits per heavy atom. The average molecular weight is 293 g/mol. The van der Waals surface area contributed by atoms with Gasteiger partial charge in [0.2, 0.25) is 5.91 Å². The first-order valence-electron chi connectivity index (χ1n) is 6.99. The van der Waals surface area contributed by atoms with Crippen LogP contribution in [-0.4, -0.2) is 29.2 Å². The number of fused-ring (bicyclic) bond motifs is 2. The van der Waals surface area contributed by atoms with Crippen molar-refractivity contribution in [2.75, 3.05) is 0 Å². The number of carboxylic acid groups (broad SMARTS) is 1. The molecule has 2 heterocycles. The van der Waals surface area contributed by atoms with Gasteiger partial charge in [-0.1, -0.05) is 18.2 Å². The Balaban J connectivity index is 1.75. The lowest BCUT2D eigenvalue weighted by Crippen LogP contribution is -2.41. The van der Waals surface area contributed by atoms with E-state index in [1.165, 1.54) is 18.2 Å². The van der Waals surface area contributed by atoms with Crippen LogP contribution in [0.1, 0.15) is 30.9 Å². The lowest BCUT2D eigenvalue weighted by Gasteiger charge is -2.21. The van der Waals surface area contributed by atoms with Crippen molar-refractivity contribution in [2.45, 2.75) is 37.5 Å². The molecule has 6 heteroatoms. The van der Waals surface area contributed by atoms with Crippen LogP contribution in [0.3, 0.4) is 0 Å². The molecule has 5 nitrogen and oxygen atoms in total. The fourth-order valence-electron chi connectivity index (χ4n) is 3.14. The summed E-state index contributed by atoms with van der Waals surface area (Å²) in [7, 11) is 0. The van der Waals surface area contributed by atoms with E-state index < -0.39 is 17.8 Å². The number of aliphatic carboxylic acids is 1. The Labute approximate surface area is 121 Å². The van der Waals surface area contributed by atoms with E-state index in [0.29, 0.717) is 6.42 Å². The van der Waals surface area contributed by atoms with Crippen LogP contribution in [0.4, 0.5) is 4.39 Å². The van der Waals surface area contributed by atoms with Crippen LogP contribution >= 0.6 is 0 Å². The minimum absolute atomic E-state index is 0.0394. The first-order valence-corrected chi connectivity index (χ1v) is 6.99. The number of benzene rings is 1. The number of carbonyl (C=O) groups excluding carboxylic acids is 1. The van der Waals surface area contributed by atoms with Gasteiger partial charge in [-0.05, 0) is 25.3 Å². The molecule has 2 aliphatic heterocycles. The first-order chi connectivity index (χ1) is 10.1. The molecule has 0 aromatic heterocycles. The third-order valence-corrected chi connectivity index (χ3v) is 4.19. The third kappa shape index (κ3) is 2.63. The number of carbonyl (C=O) groups is 2. The van der Waals surface area contributed by atoms with Gasteiger partial charge in [0, 0.05) is 5.56 Å². The van der Waals surface area contributed by atoms with E-state index in [4.69, 9.17) is 4.74 Å². The highest BCUT2D eigenvalue weighted by Gasteiger charge is 2.45. The van der Waals surface area contributed by atoms with Crippen molar-refractivity contribution in [3.63, 3.8) is 0 Å². The zero-order valence-electron chi connectivity index (χ0n) is 11.3. The molecular weight excluding hydrogens is 277 g/mol. The van der Waals surface area contributed by atoms with Crippen LogP contribution in [0.15, 0.2) is 24.3 Å². The Bertz CT molecular complexity index is 577. The van der Waals surface area contributed by atoms with Gasteiger partial charge in [0.05, 0.1) is 18.1 Å². The highest BCUT2D eigenvalue weighted by Crippen LogP contribution is 2.39. The summed E-state index contributed by atoms with van der Waals surface area (Å²) in [5.74, 6) is -2.64. The standard InChI is InChI=1S/C15H16FNO4/c16-11-4-2-1-3-9(11)13(15(19)20)17-14(18)10-7-8-5-6-12(10)21-8/h1-4,8,10,12-13H,5-7H2,(H,17,18)(H,19,20). The number of nitrogens with one attached hydrogen (secondary N) is 1. The number of rotatable bonds is 4. The maximum atomic E-state index is 13.7. The summed E-state index contributed by atoms with van der Waals surface area (Å²) in [6, 6.07) is 4.19. The smallest absolute Gasteiger partial charge is 0.331 e. The van der Waals surface area contributed by atoms with Gasteiger partial charge in [-0.2, -0.15) is 0 Å². The summed E-state index contributed by atoms with van der Waals surface area (Å²) >= 11 is 0. The molecule has 4 unspecified atom stereocenters. The molecular formula is C15H16FNO4. The van der Waals surface area contributed by atoms with Gasteiger partial charge >= 0.3 is 5.97 Å². The highest BCUT2D eigenvalue weighted by atomic mass is 19.1. The Kier molecular flexibility index (Phi) is 3.63. The van der Waals surface area contributed by atoms with E-state index in [1.807, 2.05) is 0 Å². The largest absolute Gasteiger partial charge is 0.479 e. The van der Waals surface area contributed by atoms with Crippen LogP contribution in [0.2, 0.25) is 0 Å². The molecule has 0 aliphatic carbocycles. The van der Waals surface area contributed by atoms with E-state index in [2.05, 4.69) is 5.32 Å². The number of amides is 1. The predicted octanol–water partition coefficient (Wildman–Crippen LogP) is 1.64. The van der Waals surface area contributed by atoms with E-state index in [9.17, 15) is 19.1 Å². The number of ether oxygens (including phenoxy) is 1. The molecule has 2 aliphatic rings. The van der Waals surface area contributed by atoms with Crippen LogP contribution in [0.5, 0.6) is 0 Å². The van der Waals surface area contributed by atoms with Crippen molar-refractivity contribution >= 4 is 11.9 Å². The molecule has 0 spiro atoms. The monoisotopic (exact) mass is 293 g/mol. The molecule has 3 rings (SSSR count). The van der Waals surface area contributed by atoms with E-state index in [0.717, 1.165) is 12.8 Å². The fourth-order valence-corrected chi connectivity index (χ4v) is 3.14. The minimum Gasteiger partial charge on any atom is -0.479 e. The van der Waals surface area contributed by atoms with Crippen LogP contribution in [-0.2, 0) is 14.3 Å². The predicted molar refractivity (Wildman–Crippen MR) is 70.9 cm³/mol. The van der Waals surface area contributed by atoms with Crippen molar-refractivity contribution < 1.29 is 23.8 Å². The van der Waals surface area contributed by atoms with Crippen molar-refractivity contribution in [3.05, 3.63) is 35.6 Å². The van der Waals surface area contributed by atoms with Crippen molar-refractivity contribution in [3.8, 4) is 0 Å². The Hall–Kier alpha value is -1.95. The maximum Gasteiger partial charge on any atom is 0.331 e. The first kappa shape index (κ1) is 14.0. The summed E-state index contributed by atoms with van der Waals surface area (Å²) in [5.41, 5.74) is -0.0394. The SMILES string of the molecule is O=C(O)C(NC(=O)C1CC2CCC1O2)c1ccccc1F.